The van der Waals surface area contributed by atoms with Crippen LogP contribution in [0.2, 0.25) is 0 Å². The molecule has 0 aromatic carbocycles. The SMILES string of the molecule is Cc1nc(CN(C)c2ncc(CO)c(C)n2)cs1. The van der Waals surface area contributed by atoms with Gasteiger partial charge in [-0.2, -0.15) is 0 Å². The van der Waals surface area contributed by atoms with E-state index in [0.717, 1.165) is 22.0 Å². The molecule has 0 bridgehead atoms. The Morgan fingerprint density at radius 3 is 2.67 bits per heavy atom. The Balaban J connectivity index is 2.13. The summed E-state index contributed by atoms with van der Waals surface area (Å²) in [5.41, 5.74) is 2.59. The van der Waals surface area contributed by atoms with Gasteiger partial charge in [0.25, 0.3) is 0 Å². The average Bonchev–Trinajstić information content (AvgIpc) is 2.74. The van der Waals surface area contributed by atoms with Crippen LogP contribution in [0.5, 0.6) is 0 Å². The first-order valence-corrected chi connectivity index (χ1v) is 6.53. The van der Waals surface area contributed by atoms with Crippen LogP contribution in [0.3, 0.4) is 0 Å². The predicted octanol–water partition coefficient (Wildman–Crippen LogP) is 1.68. The molecule has 5 nitrogen and oxygen atoms in total. The molecule has 0 fully saturated rings. The van der Waals surface area contributed by atoms with Crippen LogP contribution in [0, 0.1) is 13.8 Å². The Morgan fingerprint density at radius 2 is 2.11 bits per heavy atom. The molecule has 0 amide bonds. The van der Waals surface area contributed by atoms with Gasteiger partial charge in [0.2, 0.25) is 5.95 Å². The first-order chi connectivity index (χ1) is 8.60. The third-order valence-corrected chi connectivity index (χ3v) is 3.47. The van der Waals surface area contributed by atoms with Gasteiger partial charge >= 0.3 is 0 Å². The topological polar surface area (TPSA) is 62.1 Å². The maximum absolute atomic E-state index is 9.08. The Kier molecular flexibility index (Phi) is 3.88. The van der Waals surface area contributed by atoms with E-state index < -0.39 is 0 Å². The standard InChI is InChI=1S/C12H16N4OS/c1-8-10(6-17)4-13-12(14-8)16(3)5-11-7-18-9(2)15-11/h4,7,17H,5-6H2,1-3H3. The molecule has 0 aliphatic heterocycles. The summed E-state index contributed by atoms with van der Waals surface area (Å²) in [6.07, 6.45) is 1.67. The lowest BCUT2D eigenvalue weighted by atomic mass is 10.2. The number of nitrogens with zero attached hydrogens (tertiary/aromatic N) is 4. The third-order valence-electron chi connectivity index (χ3n) is 2.65. The molecule has 1 N–H and O–H groups in total. The van der Waals surface area contributed by atoms with Gasteiger partial charge in [0.05, 0.1) is 23.9 Å². The molecule has 0 spiro atoms. The number of aliphatic hydroxyl groups is 1. The smallest absolute Gasteiger partial charge is 0.225 e. The van der Waals surface area contributed by atoms with E-state index in [9.17, 15) is 0 Å². The van der Waals surface area contributed by atoms with E-state index >= 15 is 0 Å². The van der Waals surface area contributed by atoms with Gasteiger partial charge in [-0.15, -0.1) is 11.3 Å². The summed E-state index contributed by atoms with van der Waals surface area (Å²) < 4.78 is 0. The molecule has 2 rings (SSSR count). The van der Waals surface area contributed by atoms with E-state index in [0.29, 0.717) is 12.5 Å². The Bertz CT molecular complexity index is 541. The van der Waals surface area contributed by atoms with Crippen molar-refractivity contribution in [3.8, 4) is 0 Å². The van der Waals surface area contributed by atoms with Crippen molar-refractivity contribution in [3.63, 3.8) is 0 Å². The highest BCUT2D eigenvalue weighted by atomic mass is 32.1. The predicted molar refractivity (Wildman–Crippen MR) is 71.6 cm³/mol. The van der Waals surface area contributed by atoms with Crippen LogP contribution >= 0.6 is 11.3 Å². The van der Waals surface area contributed by atoms with E-state index in [1.807, 2.05) is 31.2 Å². The Morgan fingerprint density at radius 1 is 1.33 bits per heavy atom. The van der Waals surface area contributed by atoms with Gasteiger partial charge in [0, 0.05) is 29.9 Å². The molecule has 18 heavy (non-hydrogen) atoms. The van der Waals surface area contributed by atoms with Crippen LogP contribution in [0.4, 0.5) is 5.95 Å². The molecule has 0 radical (unpaired) electrons. The lowest BCUT2D eigenvalue weighted by molar-refractivity contribution is 0.280. The summed E-state index contributed by atoms with van der Waals surface area (Å²) in [6, 6.07) is 0. The molecule has 2 heterocycles. The fraction of sp³-hybridized carbons (Fsp3) is 0.417. The van der Waals surface area contributed by atoms with Gasteiger partial charge in [-0.3, -0.25) is 0 Å². The summed E-state index contributed by atoms with van der Waals surface area (Å²) in [5, 5.41) is 12.2. The Hall–Kier alpha value is -1.53. The lowest BCUT2D eigenvalue weighted by Gasteiger charge is -2.16. The first-order valence-electron chi connectivity index (χ1n) is 5.65. The van der Waals surface area contributed by atoms with E-state index in [-0.39, 0.29) is 6.61 Å². The third kappa shape index (κ3) is 2.83. The van der Waals surface area contributed by atoms with Gasteiger partial charge in [0.1, 0.15) is 0 Å². The molecular weight excluding hydrogens is 248 g/mol. The number of aromatic nitrogens is 3. The number of hydrogen-bond acceptors (Lipinski definition) is 6. The molecular formula is C12H16N4OS. The number of anilines is 1. The number of thiazole rings is 1. The zero-order valence-electron chi connectivity index (χ0n) is 10.7. The molecule has 0 saturated carbocycles. The minimum atomic E-state index is -0.0267. The molecule has 0 aliphatic rings. The molecule has 0 aliphatic carbocycles. The fourth-order valence-corrected chi connectivity index (χ4v) is 2.22. The second-order valence-electron chi connectivity index (χ2n) is 4.15. The molecule has 0 saturated heterocycles. The number of hydrogen-bond donors (Lipinski definition) is 1. The van der Waals surface area contributed by atoms with Crippen molar-refractivity contribution in [2.45, 2.75) is 27.0 Å². The van der Waals surface area contributed by atoms with Crippen molar-refractivity contribution in [1.82, 2.24) is 15.0 Å². The van der Waals surface area contributed by atoms with E-state index in [4.69, 9.17) is 5.11 Å². The maximum Gasteiger partial charge on any atom is 0.225 e. The molecule has 2 aromatic rings. The zero-order chi connectivity index (χ0) is 13.1. The number of aryl methyl sites for hydroxylation is 2. The minimum Gasteiger partial charge on any atom is -0.392 e. The van der Waals surface area contributed by atoms with Crippen molar-refractivity contribution in [2.24, 2.45) is 0 Å². The fourth-order valence-electron chi connectivity index (χ4n) is 1.61. The van der Waals surface area contributed by atoms with Crippen molar-refractivity contribution < 1.29 is 5.11 Å². The number of rotatable bonds is 4. The first kappa shape index (κ1) is 12.9. The van der Waals surface area contributed by atoms with Crippen LogP contribution in [-0.2, 0) is 13.2 Å². The van der Waals surface area contributed by atoms with Crippen LogP contribution in [0.15, 0.2) is 11.6 Å². The second kappa shape index (κ2) is 5.41. The van der Waals surface area contributed by atoms with Gasteiger partial charge in [-0.05, 0) is 13.8 Å². The van der Waals surface area contributed by atoms with E-state index in [1.54, 1.807) is 17.5 Å². The summed E-state index contributed by atoms with van der Waals surface area (Å²) in [6.45, 7) is 4.52. The van der Waals surface area contributed by atoms with Crippen LogP contribution < -0.4 is 4.90 Å². The van der Waals surface area contributed by atoms with Crippen molar-refractivity contribution >= 4 is 17.3 Å². The minimum absolute atomic E-state index is 0.0267. The van der Waals surface area contributed by atoms with Gasteiger partial charge in [-0.1, -0.05) is 0 Å². The summed E-state index contributed by atoms with van der Waals surface area (Å²) in [5.74, 6) is 0.648. The molecule has 6 heteroatoms. The average molecular weight is 264 g/mol. The molecule has 0 unspecified atom stereocenters. The van der Waals surface area contributed by atoms with Crippen molar-refractivity contribution in [2.75, 3.05) is 11.9 Å². The lowest BCUT2D eigenvalue weighted by Crippen LogP contribution is -2.20. The highest BCUT2D eigenvalue weighted by Gasteiger charge is 2.09. The quantitative estimate of drug-likeness (QED) is 0.910. The summed E-state index contributed by atoms with van der Waals surface area (Å²) in [4.78, 5) is 15.0. The Labute approximate surface area is 110 Å². The largest absolute Gasteiger partial charge is 0.392 e. The molecule has 96 valence electrons. The second-order valence-corrected chi connectivity index (χ2v) is 5.21. The number of aliphatic hydroxyl groups excluding tert-OH is 1. The summed E-state index contributed by atoms with van der Waals surface area (Å²) >= 11 is 1.64. The van der Waals surface area contributed by atoms with Crippen LogP contribution in [-0.4, -0.2) is 27.1 Å². The highest BCUT2D eigenvalue weighted by molar-refractivity contribution is 7.09. The van der Waals surface area contributed by atoms with Crippen molar-refractivity contribution in [3.05, 3.63) is 33.5 Å². The zero-order valence-corrected chi connectivity index (χ0v) is 11.5. The van der Waals surface area contributed by atoms with E-state index in [1.165, 1.54) is 0 Å². The highest BCUT2D eigenvalue weighted by Crippen LogP contribution is 2.14. The normalized spacial score (nSPS) is 10.7. The van der Waals surface area contributed by atoms with Crippen LogP contribution in [0.25, 0.3) is 0 Å². The van der Waals surface area contributed by atoms with Crippen molar-refractivity contribution in [1.29, 1.82) is 0 Å². The van der Waals surface area contributed by atoms with Gasteiger partial charge < -0.3 is 10.0 Å². The van der Waals surface area contributed by atoms with Gasteiger partial charge in [0.15, 0.2) is 0 Å². The molecule has 0 atom stereocenters. The molecule has 2 aromatic heterocycles. The van der Waals surface area contributed by atoms with Gasteiger partial charge in [-0.25, -0.2) is 15.0 Å². The summed E-state index contributed by atoms with van der Waals surface area (Å²) in [7, 11) is 1.93. The maximum atomic E-state index is 9.08. The van der Waals surface area contributed by atoms with E-state index in [2.05, 4.69) is 15.0 Å². The van der Waals surface area contributed by atoms with Crippen LogP contribution in [0.1, 0.15) is 22.0 Å². The monoisotopic (exact) mass is 264 g/mol.